The fourth-order valence-electron chi connectivity index (χ4n) is 2.99. The number of hydrogen-bond acceptors (Lipinski definition) is 2. The molecule has 0 spiro atoms. The van der Waals surface area contributed by atoms with Crippen molar-refractivity contribution < 1.29 is 18.7 Å². The molecule has 1 aromatic rings. The maximum Gasteiger partial charge on any atom is 0.317 e. The second-order valence-electron chi connectivity index (χ2n) is 7.29. The molecule has 0 saturated carbocycles. The Morgan fingerprint density at radius 3 is 2.46 bits per heavy atom. The Kier molecular flexibility index (Phi) is 5.80. The average molecular weight is 340 g/mol. The largest absolute Gasteiger partial charge is 0.396 e. The van der Waals surface area contributed by atoms with Gasteiger partial charge in [-0.3, -0.25) is 0 Å². The molecule has 6 heteroatoms. The molecule has 2 rings (SSSR count). The molecule has 0 radical (unpaired) electrons. The molecule has 1 aliphatic rings. The van der Waals surface area contributed by atoms with Gasteiger partial charge in [-0.1, -0.05) is 26.8 Å². The Bertz CT molecular complexity index is 584. The van der Waals surface area contributed by atoms with Crippen molar-refractivity contribution in [1.29, 1.82) is 0 Å². The molecule has 24 heavy (non-hydrogen) atoms. The van der Waals surface area contributed by atoms with Crippen LogP contribution in [-0.4, -0.2) is 35.7 Å². The van der Waals surface area contributed by atoms with Crippen LogP contribution < -0.4 is 5.32 Å². The van der Waals surface area contributed by atoms with E-state index in [1.54, 1.807) is 4.90 Å². The fraction of sp³-hybridized carbons (Fsp3) is 0.611. The molecule has 1 saturated heterocycles. The van der Waals surface area contributed by atoms with Gasteiger partial charge in [0.05, 0.1) is 6.04 Å². The van der Waals surface area contributed by atoms with E-state index in [0.29, 0.717) is 13.1 Å². The van der Waals surface area contributed by atoms with Crippen molar-refractivity contribution in [2.75, 3.05) is 19.7 Å². The number of nitrogens with one attached hydrogen (secondary N) is 1. The Balaban J connectivity index is 2.07. The van der Waals surface area contributed by atoms with Gasteiger partial charge in [0.15, 0.2) is 0 Å². The molecular formula is C18H26F2N2O2. The maximum absolute atomic E-state index is 14.1. The molecule has 2 N–H and O–H groups in total. The minimum atomic E-state index is -0.652. The molecule has 0 aliphatic carbocycles. The SMILES string of the molecule is CC(C)[C@H](NC(=O)N1CCC(C)(CO)CC1)c1ccc(F)cc1F. The van der Waals surface area contributed by atoms with Crippen LogP contribution in [-0.2, 0) is 0 Å². The third-order valence-corrected chi connectivity index (χ3v) is 4.88. The summed E-state index contributed by atoms with van der Waals surface area (Å²) in [7, 11) is 0. The standard InChI is InChI=1S/C18H26F2N2O2/c1-12(2)16(14-5-4-13(19)10-15(14)20)21-17(24)22-8-6-18(3,11-23)7-9-22/h4-5,10,12,16,23H,6-9,11H2,1-3H3,(H,21,24)/t16-/m0/s1. The summed E-state index contributed by atoms with van der Waals surface area (Å²) >= 11 is 0. The molecule has 2 amide bonds. The Hall–Kier alpha value is -1.69. The summed E-state index contributed by atoms with van der Waals surface area (Å²) in [6.45, 7) is 6.99. The van der Waals surface area contributed by atoms with Crippen LogP contribution in [0.15, 0.2) is 18.2 Å². The van der Waals surface area contributed by atoms with Crippen LogP contribution in [0.25, 0.3) is 0 Å². The number of piperidine rings is 1. The Labute approximate surface area is 141 Å². The highest BCUT2D eigenvalue weighted by Crippen LogP contribution is 2.31. The van der Waals surface area contributed by atoms with E-state index in [2.05, 4.69) is 5.32 Å². The molecule has 0 aromatic heterocycles. The first-order valence-electron chi connectivity index (χ1n) is 8.37. The second kappa shape index (κ2) is 7.47. The number of aliphatic hydroxyl groups excluding tert-OH is 1. The number of amides is 2. The van der Waals surface area contributed by atoms with Gasteiger partial charge in [-0.2, -0.15) is 0 Å². The zero-order valence-electron chi connectivity index (χ0n) is 14.5. The number of hydrogen-bond donors (Lipinski definition) is 2. The number of urea groups is 1. The van der Waals surface area contributed by atoms with E-state index < -0.39 is 17.7 Å². The van der Waals surface area contributed by atoms with Gasteiger partial charge in [-0.05, 0) is 30.2 Å². The highest BCUT2D eigenvalue weighted by Gasteiger charge is 2.32. The maximum atomic E-state index is 14.1. The van der Waals surface area contributed by atoms with Gasteiger partial charge < -0.3 is 15.3 Å². The van der Waals surface area contributed by atoms with Gasteiger partial charge in [0.2, 0.25) is 0 Å². The molecular weight excluding hydrogens is 314 g/mol. The van der Waals surface area contributed by atoms with Crippen molar-refractivity contribution in [3.63, 3.8) is 0 Å². The number of halogens is 2. The first kappa shape index (κ1) is 18.6. The van der Waals surface area contributed by atoms with Crippen LogP contribution >= 0.6 is 0 Å². The smallest absolute Gasteiger partial charge is 0.317 e. The van der Waals surface area contributed by atoms with Gasteiger partial charge >= 0.3 is 6.03 Å². The first-order chi connectivity index (χ1) is 11.3. The zero-order chi connectivity index (χ0) is 17.9. The first-order valence-corrected chi connectivity index (χ1v) is 8.37. The highest BCUT2D eigenvalue weighted by molar-refractivity contribution is 5.75. The topological polar surface area (TPSA) is 52.6 Å². The minimum absolute atomic E-state index is 0.0404. The van der Waals surface area contributed by atoms with Crippen LogP contribution in [0, 0.1) is 23.0 Å². The summed E-state index contributed by atoms with van der Waals surface area (Å²) in [4.78, 5) is 14.2. The van der Waals surface area contributed by atoms with E-state index in [1.165, 1.54) is 12.1 Å². The van der Waals surface area contributed by atoms with Crippen molar-refractivity contribution in [1.82, 2.24) is 10.2 Å². The quantitative estimate of drug-likeness (QED) is 0.882. The van der Waals surface area contributed by atoms with Crippen molar-refractivity contribution >= 4 is 6.03 Å². The van der Waals surface area contributed by atoms with Gasteiger partial charge in [-0.15, -0.1) is 0 Å². The summed E-state index contributed by atoms with van der Waals surface area (Å²) in [5, 5.41) is 12.3. The lowest BCUT2D eigenvalue weighted by Crippen LogP contribution is -2.49. The molecule has 0 unspecified atom stereocenters. The van der Waals surface area contributed by atoms with Crippen LogP contribution in [0.1, 0.15) is 45.2 Å². The summed E-state index contributed by atoms with van der Waals surface area (Å²) < 4.78 is 27.2. The van der Waals surface area contributed by atoms with E-state index in [4.69, 9.17) is 0 Å². The number of likely N-dealkylation sites (tertiary alicyclic amines) is 1. The molecule has 1 atom stereocenters. The number of nitrogens with zero attached hydrogens (tertiary/aromatic N) is 1. The lowest BCUT2D eigenvalue weighted by molar-refractivity contribution is 0.0689. The summed E-state index contributed by atoms with van der Waals surface area (Å²) in [6.07, 6.45) is 1.46. The monoisotopic (exact) mass is 340 g/mol. The molecule has 4 nitrogen and oxygen atoms in total. The molecule has 134 valence electrons. The fourth-order valence-corrected chi connectivity index (χ4v) is 2.99. The third kappa shape index (κ3) is 4.23. The van der Waals surface area contributed by atoms with Gasteiger partial charge in [0.1, 0.15) is 11.6 Å². The van der Waals surface area contributed by atoms with Crippen LogP contribution in [0.4, 0.5) is 13.6 Å². The molecule has 1 aliphatic heterocycles. The van der Waals surface area contributed by atoms with Crippen LogP contribution in [0.3, 0.4) is 0 Å². The normalized spacial score (nSPS) is 18.5. The van der Waals surface area contributed by atoms with Crippen molar-refractivity contribution in [3.8, 4) is 0 Å². The number of rotatable bonds is 4. The summed E-state index contributed by atoms with van der Waals surface area (Å²) in [5.74, 6) is -1.33. The van der Waals surface area contributed by atoms with Gasteiger partial charge in [0, 0.05) is 31.3 Å². The molecule has 0 bridgehead atoms. The molecule has 1 fully saturated rings. The third-order valence-electron chi connectivity index (χ3n) is 4.88. The van der Waals surface area contributed by atoms with Crippen molar-refractivity contribution in [3.05, 3.63) is 35.4 Å². The van der Waals surface area contributed by atoms with Crippen molar-refractivity contribution in [2.24, 2.45) is 11.3 Å². The Morgan fingerprint density at radius 2 is 1.96 bits per heavy atom. The summed E-state index contributed by atoms with van der Waals surface area (Å²) in [6, 6.07) is 2.65. The highest BCUT2D eigenvalue weighted by atomic mass is 19.1. The number of carbonyl (C=O) groups is 1. The van der Waals surface area contributed by atoms with E-state index in [-0.39, 0.29) is 29.5 Å². The molecule has 1 heterocycles. The van der Waals surface area contributed by atoms with E-state index in [9.17, 15) is 18.7 Å². The van der Waals surface area contributed by atoms with Crippen LogP contribution in [0.5, 0.6) is 0 Å². The second-order valence-corrected chi connectivity index (χ2v) is 7.29. The van der Waals surface area contributed by atoms with Crippen LogP contribution in [0.2, 0.25) is 0 Å². The predicted octanol–water partition coefficient (Wildman–Crippen LogP) is 3.47. The zero-order valence-corrected chi connectivity index (χ0v) is 14.5. The molecule has 1 aromatic carbocycles. The lowest BCUT2D eigenvalue weighted by Gasteiger charge is -2.39. The number of benzene rings is 1. The lowest BCUT2D eigenvalue weighted by atomic mass is 9.81. The summed E-state index contributed by atoms with van der Waals surface area (Å²) in [5.41, 5.74) is 0.147. The number of carbonyl (C=O) groups excluding carboxylic acids is 1. The van der Waals surface area contributed by atoms with Gasteiger partial charge in [-0.25, -0.2) is 13.6 Å². The van der Waals surface area contributed by atoms with Gasteiger partial charge in [0.25, 0.3) is 0 Å². The van der Waals surface area contributed by atoms with Crippen molar-refractivity contribution in [2.45, 2.75) is 39.7 Å². The predicted molar refractivity (Wildman–Crippen MR) is 88.5 cm³/mol. The van der Waals surface area contributed by atoms with E-state index >= 15 is 0 Å². The number of aliphatic hydroxyl groups is 1. The van der Waals surface area contributed by atoms with E-state index in [1.807, 2.05) is 20.8 Å². The van der Waals surface area contributed by atoms with E-state index in [0.717, 1.165) is 18.9 Å². The Morgan fingerprint density at radius 1 is 1.33 bits per heavy atom. The average Bonchev–Trinajstić information content (AvgIpc) is 2.53. The minimum Gasteiger partial charge on any atom is -0.396 e.